The molecular weight excluding hydrogens is 356 g/mol. The highest BCUT2D eigenvalue weighted by molar-refractivity contribution is 7.99. The van der Waals surface area contributed by atoms with Gasteiger partial charge in [0, 0.05) is 34.4 Å². The largest absolute Gasteiger partial charge is 0.352 e. The molecule has 1 fully saturated rings. The number of amides is 1. The number of aromatic nitrogens is 3. The zero-order valence-corrected chi connectivity index (χ0v) is 16.7. The molecule has 2 atom stereocenters. The highest BCUT2D eigenvalue weighted by atomic mass is 32.2. The van der Waals surface area contributed by atoms with E-state index in [1.165, 1.54) is 0 Å². The van der Waals surface area contributed by atoms with E-state index in [4.69, 9.17) is 0 Å². The SMILES string of the molecule is CC(C)c1nnc2ccc(Sc3ccccc3CNC(=O)C3CC3C)cn12. The van der Waals surface area contributed by atoms with Gasteiger partial charge in [0.05, 0.1) is 0 Å². The third-order valence-corrected chi connectivity index (χ3v) is 6.11. The molecule has 2 aromatic heterocycles. The van der Waals surface area contributed by atoms with Gasteiger partial charge in [0.1, 0.15) is 5.82 Å². The number of hydrogen-bond acceptors (Lipinski definition) is 4. The number of carbonyl (C=O) groups is 1. The van der Waals surface area contributed by atoms with Gasteiger partial charge in [0.2, 0.25) is 5.91 Å². The summed E-state index contributed by atoms with van der Waals surface area (Å²) in [4.78, 5) is 14.4. The summed E-state index contributed by atoms with van der Waals surface area (Å²) in [5.74, 6) is 2.18. The zero-order chi connectivity index (χ0) is 19.0. The van der Waals surface area contributed by atoms with Crippen LogP contribution >= 0.6 is 11.8 Å². The van der Waals surface area contributed by atoms with Gasteiger partial charge < -0.3 is 5.32 Å². The number of fused-ring (bicyclic) bond motifs is 1. The smallest absolute Gasteiger partial charge is 0.223 e. The summed E-state index contributed by atoms with van der Waals surface area (Å²) in [6.45, 7) is 6.93. The number of carbonyl (C=O) groups excluding carboxylic acids is 1. The van der Waals surface area contributed by atoms with E-state index in [2.05, 4.69) is 65.1 Å². The Labute approximate surface area is 163 Å². The van der Waals surface area contributed by atoms with Crippen molar-refractivity contribution >= 4 is 23.3 Å². The Balaban J connectivity index is 1.53. The fourth-order valence-electron chi connectivity index (χ4n) is 3.22. The Kier molecular flexibility index (Phi) is 4.91. The van der Waals surface area contributed by atoms with Crippen molar-refractivity contribution in [3.05, 3.63) is 54.0 Å². The molecule has 1 aliphatic carbocycles. The average Bonchev–Trinajstić information content (AvgIpc) is 3.23. The van der Waals surface area contributed by atoms with Gasteiger partial charge in [-0.25, -0.2) is 0 Å². The molecule has 3 aromatic rings. The average molecular weight is 381 g/mol. The summed E-state index contributed by atoms with van der Waals surface area (Å²) < 4.78 is 2.06. The van der Waals surface area contributed by atoms with Gasteiger partial charge in [-0.2, -0.15) is 0 Å². The first-order valence-corrected chi connectivity index (χ1v) is 10.2. The van der Waals surface area contributed by atoms with Crippen LogP contribution in [0, 0.1) is 11.8 Å². The normalized spacial score (nSPS) is 18.8. The summed E-state index contributed by atoms with van der Waals surface area (Å²) in [6, 6.07) is 12.3. The number of benzene rings is 1. The van der Waals surface area contributed by atoms with E-state index in [-0.39, 0.29) is 11.8 Å². The number of pyridine rings is 1. The molecule has 1 N–H and O–H groups in total. The number of hydrogen-bond donors (Lipinski definition) is 1. The quantitative estimate of drug-likeness (QED) is 0.693. The summed E-state index contributed by atoms with van der Waals surface area (Å²) in [7, 11) is 0. The first kappa shape index (κ1) is 18.0. The predicted molar refractivity (Wildman–Crippen MR) is 107 cm³/mol. The van der Waals surface area contributed by atoms with Gasteiger partial charge in [0.25, 0.3) is 0 Å². The fraction of sp³-hybridized carbons (Fsp3) is 0.381. The molecule has 2 heterocycles. The maximum absolute atomic E-state index is 12.1. The highest BCUT2D eigenvalue weighted by Crippen LogP contribution is 2.38. The van der Waals surface area contributed by atoms with Crippen molar-refractivity contribution in [3.63, 3.8) is 0 Å². The van der Waals surface area contributed by atoms with E-state index < -0.39 is 0 Å². The van der Waals surface area contributed by atoms with E-state index in [1.807, 2.05) is 18.2 Å². The van der Waals surface area contributed by atoms with Gasteiger partial charge in [-0.05, 0) is 36.1 Å². The lowest BCUT2D eigenvalue weighted by Crippen LogP contribution is -2.25. The number of rotatable bonds is 6. The van der Waals surface area contributed by atoms with Crippen molar-refractivity contribution in [2.75, 3.05) is 0 Å². The highest BCUT2D eigenvalue weighted by Gasteiger charge is 2.38. The van der Waals surface area contributed by atoms with Crippen LogP contribution in [0.4, 0.5) is 0 Å². The molecule has 0 saturated heterocycles. The van der Waals surface area contributed by atoms with Crippen LogP contribution < -0.4 is 5.32 Å². The second kappa shape index (κ2) is 7.35. The molecule has 1 aliphatic rings. The van der Waals surface area contributed by atoms with Gasteiger partial charge >= 0.3 is 0 Å². The Morgan fingerprint density at radius 1 is 1.26 bits per heavy atom. The first-order chi connectivity index (χ1) is 13.0. The topological polar surface area (TPSA) is 59.3 Å². The van der Waals surface area contributed by atoms with Crippen molar-refractivity contribution in [2.45, 2.75) is 49.4 Å². The van der Waals surface area contributed by atoms with Crippen LogP contribution in [0.2, 0.25) is 0 Å². The molecule has 5 nitrogen and oxygen atoms in total. The second-order valence-electron chi connectivity index (χ2n) is 7.55. The Morgan fingerprint density at radius 2 is 2.04 bits per heavy atom. The Bertz CT molecular complexity index is 981. The van der Waals surface area contributed by atoms with Gasteiger partial charge in [0.15, 0.2) is 5.65 Å². The summed E-state index contributed by atoms with van der Waals surface area (Å²) in [6.07, 6.45) is 3.11. The van der Waals surface area contributed by atoms with E-state index in [0.29, 0.717) is 18.4 Å². The predicted octanol–water partition coefficient (Wildman–Crippen LogP) is 4.28. The number of nitrogens with one attached hydrogen (secondary N) is 1. The molecule has 1 amide bonds. The molecule has 1 saturated carbocycles. The minimum Gasteiger partial charge on any atom is -0.352 e. The Hall–Kier alpha value is -2.34. The summed E-state index contributed by atoms with van der Waals surface area (Å²) >= 11 is 1.70. The summed E-state index contributed by atoms with van der Waals surface area (Å²) in [5, 5.41) is 11.6. The van der Waals surface area contributed by atoms with Crippen molar-refractivity contribution in [3.8, 4) is 0 Å². The minimum atomic E-state index is 0.176. The molecule has 6 heteroatoms. The lowest BCUT2D eigenvalue weighted by molar-refractivity contribution is -0.122. The third kappa shape index (κ3) is 3.86. The van der Waals surface area contributed by atoms with Crippen LogP contribution in [0.3, 0.4) is 0 Å². The van der Waals surface area contributed by atoms with Crippen molar-refractivity contribution in [1.82, 2.24) is 19.9 Å². The van der Waals surface area contributed by atoms with E-state index in [9.17, 15) is 4.79 Å². The van der Waals surface area contributed by atoms with Crippen LogP contribution in [-0.2, 0) is 11.3 Å². The molecule has 27 heavy (non-hydrogen) atoms. The van der Waals surface area contributed by atoms with Gasteiger partial charge in [-0.15, -0.1) is 10.2 Å². The lowest BCUT2D eigenvalue weighted by atomic mass is 10.2. The molecule has 0 spiro atoms. The maximum atomic E-state index is 12.1. The van der Waals surface area contributed by atoms with E-state index >= 15 is 0 Å². The third-order valence-electron chi connectivity index (χ3n) is 5.02. The lowest BCUT2D eigenvalue weighted by Gasteiger charge is -2.11. The molecule has 0 radical (unpaired) electrons. The molecular formula is C21H24N4OS. The zero-order valence-electron chi connectivity index (χ0n) is 15.8. The van der Waals surface area contributed by atoms with Crippen molar-refractivity contribution in [2.24, 2.45) is 11.8 Å². The standard InChI is InChI=1S/C21H24N4OS/c1-13(2)20-24-23-19-9-8-16(12-25(19)20)27-18-7-5-4-6-15(18)11-22-21(26)17-10-14(17)3/h4-9,12-14,17H,10-11H2,1-3H3,(H,22,26). The van der Waals surface area contributed by atoms with Crippen LogP contribution in [0.25, 0.3) is 5.65 Å². The number of nitrogens with zero attached hydrogens (tertiary/aromatic N) is 3. The first-order valence-electron chi connectivity index (χ1n) is 9.41. The molecule has 2 unspecified atom stereocenters. The van der Waals surface area contributed by atoms with Crippen LogP contribution in [0.1, 0.15) is 44.5 Å². The van der Waals surface area contributed by atoms with Crippen LogP contribution in [0.15, 0.2) is 52.4 Å². The maximum Gasteiger partial charge on any atom is 0.223 e. The van der Waals surface area contributed by atoms with Crippen LogP contribution in [-0.4, -0.2) is 20.5 Å². The molecule has 140 valence electrons. The molecule has 4 rings (SSSR count). The van der Waals surface area contributed by atoms with E-state index in [0.717, 1.165) is 33.2 Å². The summed E-state index contributed by atoms with van der Waals surface area (Å²) in [5.41, 5.74) is 2.00. The molecule has 1 aromatic carbocycles. The van der Waals surface area contributed by atoms with Gasteiger partial charge in [-0.1, -0.05) is 50.7 Å². The molecule has 0 bridgehead atoms. The minimum absolute atomic E-state index is 0.176. The van der Waals surface area contributed by atoms with E-state index in [1.54, 1.807) is 11.8 Å². The van der Waals surface area contributed by atoms with Gasteiger partial charge in [-0.3, -0.25) is 9.20 Å². The van der Waals surface area contributed by atoms with Crippen molar-refractivity contribution in [1.29, 1.82) is 0 Å². The fourth-order valence-corrected chi connectivity index (χ4v) is 4.19. The van der Waals surface area contributed by atoms with Crippen LogP contribution in [0.5, 0.6) is 0 Å². The van der Waals surface area contributed by atoms with Crippen molar-refractivity contribution < 1.29 is 4.79 Å². The molecule has 0 aliphatic heterocycles. The monoisotopic (exact) mass is 380 g/mol. The second-order valence-corrected chi connectivity index (χ2v) is 8.67. The Morgan fingerprint density at radius 3 is 2.78 bits per heavy atom.